The molecule has 11 heteroatoms. The third-order valence-corrected chi connectivity index (χ3v) is 23.4. The van der Waals surface area contributed by atoms with E-state index in [2.05, 4.69) is 284 Å². The largest absolute Gasteiger partial charge is 0.311 e. The predicted molar refractivity (Wildman–Crippen MR) is 492 cm³/mol. The molecule has 570 valence electrons. The molecule has 19 rings (SSSR count). The van der Waals surface area contributed by atoms with Crippen molar-refractivity contribution in [3.05, 3.63) is 355 Å². The van der Waals surface area contributed by atoms with Crippen LogP contribution in [0.3, 0.4) is 0 Å². The number of fused-ring (bicyclic) bond motifs is 7. The highest BCUT2D eigenvalue weighted by molar-refractivity contribution is 7.00. The molecule has 0 N–H and O–H groups in total. The highest BCUT2D eigenvalue weighted by Crippen LogP contribution is 2.50. The van der Waals surface area contributed by atoms with Gasteiger partial charge in [-0.2, -0.15) is 0 Å². The highest BCUT2D eigenvalue weighted by Gasteiger charge is 2.45. The van der Waals surface area contributed by atoms with Gasteiger partial charge in [-0.1, -0.05) is 326 Å². The molecular weight excluding hydrogens is 1440 g/mol. The first kappa shape index (κ1) is 74.2. The van der Waals surface area contributed by atoms with E-state index in [-0.39, 0.29) is 28.4 Å². The Hall–Kier alpha value is -13.9. The van der Waals surface area contributed by atoms with Crippen molar-refractivity contribution in [3.63, 3.8) is 0 Å². The zero-order chi connectivity index (χ0) is 81.1. The lowest BCUT2D eigenvalue weighted by Crippen LogP contribution is -2.61. The second-order valence-corrected chi connectivity index (χ2v) is 35.5. The van der Waals surface area contributed by atoms with Crippen molar-refractivity contribution in [2.75, 3.05) is 9.80 Å². The first-order valence-corrected chi connectivity index (χ1v) is 40.8. The van der Waals surface area contributed by atoms with Crippen LogP contribution in [0.4, 0.5) is 39.8 Å². The van der Waals surface area contributed by atoms with E-state index >= 15 is 0 Å². The van der Waals surface area contributed by atoms with Crippen molar-refractivity contribution in [1.29, 1.82) is 0 Å². The topological polar surface area (TPSA) is 93.1 Å². The molecule has 3 aromatic heterocycles. The molecule has 2 aliphatic rings. The van der Waals surface area contributed by atoms with Crippen LogP contribution in [0.2, 0.25) is 0 Å². The van der Waals surface area contributed by atoms with E-state index in [1.165, 1.54) is 60.9 Å². The molecule has 14 aromatic carbocycles. The minimum absolute atomic E-state index is 0.0914. The molecule has 0 unspecified atom stereocenters. The summed E-state index contributed by atoms with van der Waals surface area (Å²) in [5.74, 6) is 3.09. The van der Waals surface area contributed by atoms with Crippen molar-refractivity contribution < 1.29 is 0 Å². The standard InChI is InChI=1S/C107H89BN10/c1-104(2,3)78-54-75(55-79(64-78)105(4,5)6)72-46-51-92-88(59-72)108-89-60-73(76-56-80(106(7,8)9)65-81(57-76)107(10,11)12)47-52-93(89)117(84-42-30-19-31-43-84)96-63-77(62-95(97(96)108)116(92)83-40-28-18-29-41-83)71-45-50-90-86(58-71)85-49-44-74(102-112-98(67-32-20-14-21-33-67)110-99(113-102)68-34-22-15-23-35-68)61-94(85)118(90)91-53-48-82(109-13)66-87(91)103-114-100(69-36-24-16-25-37-69)111-101(115-103)70-38-26-17-27-39-70/h14-66H,1-12H3. The van der Waals surface area contributed by atoms with E-state index in [1.807, 2.05) is 140 Å². The van der Waals surface area contributed by atoms with Gasteiger partial charge in [-0.05, 0) is 173 Å². The van der Waals surface area contributed by atoms with Crippen LogP contribution in [0, 0.1) is 6.57 Å². The monoisotopic (exact) mass is 1520 g/mol. The molecule has 0 spiro atoms. The molecule has 2 aliphatic heterocycles. The Morgan fingerprint density at radius 3 is 1.01 bits per heavy atom. The van der Waals surface area contributed by atoms with Crippen LogP contribution in [-0.4, -0.2) is 41.2 Å². The fourth-order valence-corrected chi connectivity index (χ4v) is 17.0. The predicted octanol–water partition coefficient (Wildman–Crippen LogP) is 26.0. The molecule has 118 heavy (non-hydrogen) atoms. The molecule has 0 aliphatic carbocycles. The van der Waals surface area contributed by atoms with Gasteiger partial charge in [-0.25, -0.2) is 34.7 Å². The second kappa shape index (κ2) is 28.8. The van der Waals surface area contributed by atoms with Crippen LogP contribution in [-0.2, 0) is 21.7 Å². The van der Waals surface area contributed by atoms with E-state index in [0.717, 1.165) is 101 Å². The van der Waals surface area contributed by atoms with E-state index in [0.29, 0.717) is 46.2 Å². The molecule has 0 fully saturated rings. The SMILES string of the molecule is [C-]#[N+]c1ccc(-n2c3ccc(-c4cc5c6c(c4)N(c4ccccc4)c4ccc(-c7cc(C(C)(C)C)cc(C(C)(C)C)c7)cc4B6c4cc(-c6cc(C(C)(C)C)cc(C(C)(C)C)c6)ccc4N5c4ccccc4)cc3c3ccc(-c4nc(-c5ccccc5)nc(-c5ccccc5)n4)cc32)c(-c2nc(-c3ccccc3)nc(-c3ccccc3)n2)c1. The third kappa shape index (κ3) is 13.6. The van der Waals surface area contributed by atoms with Gasteiger partial charge >= 0.3 is 0 Å². The summed E-state index contributed by atoms with van der Waals surface area (Å²) in [7, 11) is 0. The van der Waals surface area contributed by atoms with Crippen molar-refractivity contribution >= 4 is 84.7 Å². The lowest BCUT2D eigenvalue weighted by molar-refractivity contribution is 0.568. The fourth-order valence-electron chi connectivity index (χ4n) is 17.0. The lowest BCUT2D eigenvalue weighted by atomic mass is 9.33. The van der Waals surface area contributed by atoms with Crippen LogP contribution < -0.4 is 26.2 Å². The number of hydrogen-bond donors (Lipinski definition) is 0. The van der Waals surface area contributed by atoms with Gasteiger partial charge in [-0.15, -0.1) is 0 Å². The minimum atomic E-state index is -0.225. The van der Waals surface area contributed by atoms with Crippen molar-refractivity contribution in [1.82, 2.24) is 34.5 Å². The zero-order valence-corrected chi connectivity index (χ0v) is 68.6. The van der Waals surface area contributed by atoms with Gasteiger partial charge in [-0.3, -0.25) is 0 Å². The summed E-state index contributed by atoms with van der Waals surface area (Å²) in [6.07, 6.45) is 0. The maximum Gasteiger partial charge on any atom is 0.252 e. The number of para-hydroxylation sites is 2. The first-order valence-electron chi connectivity index (χ1n) is 40.8. The van der Waals surface area contributed by atoms with Crippen LogP contribution in [0.1, 0.15) is 105 Å². The third-order valence-electron chi connectivity index (χ3n) is 23.4. The van der Waals surface area contributed by atoms with Crippen molar-refractivity contribution in [2.24, 2.45) is 0 Å². The number of nitrogens with zero attached hydrogens (tertiary/aromatic N) is 10. The molecule has 0 atom stereocenters. The van der Waals surface area contributed by atoms with Gasteiger partial charge in [0.1, 0.15) is 0 Å². The summed E-state index contributed by atoms with van der Waals surface area (Å²) >= 11 is 0. The molecule has 0 saturated carbocycles. The Labute approximate surface area is 691 Å². The van der Waals surface area contributed by atoms with E-state index in [4.69, 9.17) is 36.5 Å². The Bertz CT molecular complexity index is 6480. The van der Waals surface area contributed by atoms with Gasteiger partial charge in [0.25, 0.3) is 6.71 Å². The minimum Gasteiger partial charge on any atom is -0.311 e. The summed E-state index contributed by atoms with van der Waals surface area (Å²) < 4.78 is 2.31. The maximum atomic E-state index is 8.56. The normalized spacial score (nSPS) is 12.7. The van der Waals surface area contributed by atoms with Crippen LogP contribution in [0.25, 0.3) is 134 Å². The Morgan fingerprint density at radius 2 is 0.610 bits per heavy atom. The molecule has 0 radical (unpaired) electrons. The smallest absolute Gasteiger partial charge is 0.252 e. The lowest BCUT2D eigenvalue weighted by Gasteiger charge is -2.44. The number of hydrogen-bond acceptors (Lipinski definition) is 8. The number of benzene rings is 14. The number of anilines is 6. The Balaban J connectivity index is 0.879. The fraction of sp³-hybridized carbons (Fsp3) is 0.150. The van der Waals surface area contributed by atoms with Gasteiger partial charge < -0.3 is 14.4 Å². The maximum absolute atomic E-state index is 8.56. The molecule has 10 nitrogen and oxygen atoms in total. The van der Waals surface area contributed by atoms with E-state index in [1.54, 1.807) is 0 Å². The summed E-state index contributed by atoms with van der Waals surface area (Å²) in [5.41, 5.74) is 29.9. The van der Waals surface area contributed by atoms with Gasteiger partial charge in [0.2, 0.25) is 0 Å². The highest BCUT2D eigenvalue weighted by atomic mass is 15.2. The molecular formula is C107H89BN10. The molecule has 0 amide bonds. The molecule has 17 aromatic rings. The summed E-state index contributed by atoms with van der Waals surface area (Å²) in [6, 6.07) is 116. The van der Waals surface area contributed by atoms with Gasteiger partial charge in [0.05, 0.1) is 23.3 Å². The van der Waals surface area contributed by atoms with E-state index < -0.39 is 0 Å². The average Bonchev–Trinajstić information content (AvgIpc) is 0.720. The zero-order valence-electron chi connectivity index (χ0n) is 68.6. The average molecular weight is 1530 g/mol. The number of aromatic nitrogens is 7. The van der Waals surface area contributed by atoms with Crippen molar-refractivity contribution in [2.45, 2.75) is 105 Å². The molecule has 5 heterocycles. The molecule has 0 saturated heterocycles. The number of rotatable bonds is 12. The summed E-state index contributed by atoms with van der Waals surface area (Å²) in [4.78, 5) is 40.7. The first-order chi connectivity index (χ1) is 56.9. The van der Waals surface area contributed by atoms with Crippen molar-refractivity contribution in [3.8, 4) is 107 Å². The van der Waals surface area contributed by atoms with Crippen LogP contribution >= 0.6 is 0 Å². The van der Waals surface area contributed by atoms with Crippen LogP contribution in [0.5, 0.6) is 0 Å². The van der Waals surface area contributed by atoms with E-state index in [9.17, 15) is 0 Å². The van der Waals surface area contributed by atoms with Gasteiger partial charge in [0.15, 0.2) is 40.6 Å². The quantitative estimate of drug-likeness (QED) is 0.0882. The molecule has 0 bridgehead atoms. The Kier molecular flexibility index (Phi) is 18.1. The van der Waals surface area contributed by atoms with Gasteiger partial charge in [0, 0.05) is 78.3 Å². The second-order valence-electron chi connectivity index (χ2n) is 35.5. The Morgan fingerprint density at radius 1 is 0.263 bits per heavy atom. The summed E-state index contributed by atoms with van der Waals surface area (Å²) in [6.45, 7) is 36.3. The van der Waals surface area contributed by atoms with Crippen LogP contribution in [0.15, 0.2) is 322 Å². The summed E-state index contributed by atoms with van der Waals surface area (Å²) in [5, 5.41) is 1.99.